The lowest BCUT2D eigenvalue weighted by Gasteiger charge is -2.47. The zero-order valence-electron chi connectivity index (χ0n) is 18.2. The van der Waals surface area contributed by atoms with Crippen LogP contribution in [0.4, 0.5) is 0 Å². The van der Waals surface area contributed by atoms with Gasteiger partial charge in [0.1, 0.15) is 0 Å². The summed E-state index contributed by atoms with van der Waals surface area (Å²) in [7, 11) is -3.74. The molecule has 0 radical (unpaired) electrons. The van der Waals surface area contributed by atoms with Crippen molar-refractivity contribution < 1.29 is 12.6 Å². The molecule has 3 atom stereocenters. The molecular formula is C25H30N2O3S. The number of nitrogens with zero attached hydrogens (tertiary/aromatic N) is 1. The molecule has 1 aliphatic carbocycles. The van der Waals surface area contributed by atoms with Gasteiger partial charge in [0.2, 0.25) is 0 Å². The van der Waals surface area contributed by atoms with Gasteiger partial charge in [-0.15, -0.1) is 0 Å². The Morgan fingerprint density at radius 3 is 2.74 bits per heavy atom. The molecule has 164 valence electrons. The van der Waals surface area contributed by atoms with Crippen molar-refractivity contribution in [2.45, 2.75) is 50.0 Å². The van der Waals surface area contributed by atoms with Gasteiger partial charge in [0.15, 0.2) is 0 Å². The first-order chi connectivity index (χ1) is 15.0. The number of likely N-dealkylation sites (tertiary alicyclic amines) is 1. The Kier molecular flexibility index (Phi) is 5.40. The van der Waals surface area contributed by atoms with Crippen molar-refractivity contribution >= 4 is 21.0 Å². The largest absolute Gasteiger partial charge is 0.361 e. The summed E-state index contributed by atoms with van der Waals surface area (Å²) in [4.78, 5) is 6.23. The lowest BCUT2D eigenvalue weighted by Crippen LogP contribution is -2.51. The summed E-state index contributed by atoms with van der Waals surface area (Å²) in [5.74, 6) is 0.590. The maximum Gasteiger partial charge on any atom is 0.296 e. The van der Waals surface area contributed by atoms with Gasteiger partial charge in [0.05, 0.1) is 11.5 Å². The zero-order valence-corrected chi connectivity index (χ0v) is 19.0. The molecule has 5 rings (SSSR count). The molecule has 0 amide bonds. The quantitative estimate of drug-likeness (QED) is 0.571. The summed E-state index contributed by atoms with van der Waals surface area (Å²) in [6, 6.07) is 13.9. The van der Waals surface area contributed by atoms with Gasteiger partial charge in [-0.25, -0.2) is 0 Å². The van der Waals surface area contributed by atoms with Crippen LogP contribution in [0.3, 0.4) is 0 Å². The molecule has 1 saturated heterocycles. The lowest BCUT2D eigenvalue weighted by atomic mass is 9.72. The number of rotatable bonds is 6. The number of fused-ring (bicyclic) bond motifs is 2. The number of aromatic nitrogens is 1. The molecule has 1 unspecified atom stereocenters. The van der Waals surface area contributed by atoms with Crippen LogP contribution in [0, 0.1) is 12.8 Å². The molecule has 0 spiro atoms. The van der Waals surface area contributed by atoms with Crippen molar-refractivity contribution in [1.82, 2.24) is 9.88 Å². The Morgan fingerprint density at radius 2 is 1.97 bits per heavy atom. The summed E-state index contributed by atoms with van der Waals surface area (Å²) >= 11 is 0. The van der Waals surface area contributed by atoms with Crippen molar-refractivity contribution in [1.29, 1.82) is 0 Å². The van der Waals surface area contributed by atoms with Crippen LogP contribution < -0.4 is 0 Å². The Morgan fingerprint density at radius 1 is 1.16 bits per heavy atom. The Bertz CT molecular complexity index is 1180. The second-order valence-electron chi connectivity index (χ2n) is 9.11. The van der Waals surface area contributed by atoms with Gasteiger partial charge >= 0.3 is 0 Å². The number of piperidine rings is 1. The summed E-state index contributed by atoms with van der Waals surface area (Å²) in [6.45, 7) is 6.29. The van der Waals surface area contributed by atoms with E-state index in [0.29, 0.717) is 12.0 Å². The van der Waals surface area contributed by atoms with Crippen LogP contribution in [0.2, 0.25) is 0 Å². The van der Waals surface area contributed by atoms with Crippen molar-refractivity contribution in [2.24, 2.45) is 5.92 Å². The van der Waals surface area contributed by atoms with E-state index in [4.69, 9.17) is 4.18 Å². The van der Waals surface area contributed by atoms with Gasteiger partial charge in [0, 0.05) is 35.6 Å². The van der Waals surface area contributed by atoms with Crippen LogP contribution in [0.15, 0.2) is 53.6 Å². The van der Waals surface area contributed by atoms with E-state index in [1.54, 1.807) is 12.1 Å². The fourth-order valence-electron chi connectivity index (χ4n) is 5.52. The minimum absolute atomic E-state index is 0.184. The standard InChI is InChI=1S/C25H30N2O3S/c1-3-11-27-15-18(16-30-31(28,29)20-9-7-17(2)8-10-20)12-22-21-5-4-6-23-25(21)19(14-26-23)13-24(22)27/h4-10,14,18,22,24,26H,3,11-13,15-16H2,1-2H3/t18?,22-,24-/m1/s1. The van der Waals surface area contributed by atoms with E-state index in [1.165, 1.54) is 22.0 Å². The first-order valence-electron chi connectivity index (χ1n) is 11.3. The maximum absolute atomic E-state index is 12.7. The Balaban J connectivity index is 1.39. The predicted molar refractivity (Wildman–Crippen MR) is 123 cm³/mol. The van der Waals surface area contributed by atoms with E-state index in [2.05, 4.69) is 41.2 Å². The highest BCUT2D eigenvalue weighted by atomic mass is 32.2. The minimum atomic E-state index is -3.74. The van der Waals surface area contributed by atoms with Crippen molar-refractivity contribution in [3.8, 4) is 0 Å². The molecule has 0 saturated carbocycles. The highest BCUT2D eigenvalue weighted by molar-refractivity contribution is 7.86. The monoisotopic (exact) mass is 438 g/mol. The van der Waals surface area contributed by atoms with Crippen LogP contribution in [0.5, 0.6) is 0 Å². The van der Waals surface area contributed by atoms with E-state index < -0.39 is 10.1 Å². The first-order valence-corrected chi connectivity index (χ1v) is 12.7. The molecule has 1 aliphatic heterocycles. The molecule has 2 heterocycles. The Hall–Kier alpha value is -2.15. The molecule has 3 aromatic rings. The number of nitrogens with one attached hydrogen (secondary N) is 1. The number of aryl methyl sites for hydroxylation is 1. The van der Waals surface area contributed by atoms with E-state index in [9.17, 15) is 8.42 Å². The van der Waals surface area contributed by atoms with Crippen molar-refractivity contribution in [3.05, 3.63) is 65.4 Å². The third-order valence-corrected chi connectivity index (χ3v) is 8.24. The molecule has 1 fully saturated rings. The third kappa shape index (κ3) is 3.81. The molecule has 2 aromatic carbocycles. The number of hydrogen-bond donors (Lipinski definition) is 1. The van der Waals surface area contributed by atoms with Crippen LogP contribution >= 0.6 is 0 Å². The number of H-pyrrole nitrogens is 1. The number of aromatic amines is 1. The summed E-state index contributed by atoms with van der Waals surface area (Å²) < 4.78 is 31.0. The fraction of sp³-hybridized carbons (Fsp3) is 0.440. The zero-order chi connectivity index (χ0) is 21.6. The summed E-state index contributed by atoms with van der Waals surface area (Å²) in [5.41, 5.74) is 5.04. The van der Waals surface area contributed by atoms with E-state index >= 15 is 0 Å². The van der Waals surface area contributed by atoms with Gasteiger partial charge in [-0.1, -0.05) is 36.8 Å². The second-order valence-corrected chi connectivity index (χ2v) is 10.7. The normalized spacial score (nSPS) is 23.7. The Labute approximate surface area is 184 Å². The van der Waals surface area contributed by atoms with Crippen LogP contribution in [-0.4, -0.2) is 44.0 Å². The van der Waals surface area contributed by atoms with Crippen LogP contribution in [-0.2, 0) is 20.7 Å². The molecule has 5 nitrogen and oxygen atoms in total. The molecule has 31 heavy (non-hydrogen) atoms. The average Bonchev–Trinajstić information content (AvgIpc) is 3.18. The highest BCUT2D eigenvalue weighted by Gasteiger charge is 2.40. The van der Waals surface area contributed by atoms with Gasteiger partial charge < -0.3 is 4.98 Å². The number of benzene rings is 2. The molecule has 1 aromatic heterocycles. The SMILES string of the molecule is CCCN1CC(COS(=O)(=O)c2ccc(C)cc2)C[C@@H]2c3cccc4[nH]cc(c34)C[C@H]21. The second kappa shape index (κ2) is 8.08. The minimum Gasteiger partial charge on any atom is -0.361 e. The summed E-state index contributed by atoms with van der Waals surface area (Å²) in [6.07, 6.45) is 5.26. The van der Waals surface area contributed by atoms with E-state index in [0.717, 1.165) is 37.9 Å². The molecule has 2 aliphatic rings. The van der Waals surface area contributed by atoms with E-state index in [-0.39, 0.29) is 17.4 Å². The van der Waals surface area contributed by atoms with E-state index in [1.807, 2.05) is 19.1 Å². The molecular weight excluding hydrogens is 408 g/mol. The van der Waals surface area contributed by atoms with Gasteiger partial charge in [-0.3, -0.25) is 9.08 Å². The average molecular weight is 439 g/mol. The van der Waals surface area contributed by atoms with Gasteiger partial charge in [-0.05, 0) is 68.0 Å². The van der Waals surface area contributed by atoms with Crippen molar-refractivity contribution in [2.75, 3.05) is 19.7 Å². The highest BCUT2D eigenvalue weighted by Crippen LogP contribution is 2.44. The molecule has 0 bridgehead atoms. The van der Waals surface area contributed by atoms with Gasteiger partial charge in [-0.2, -0.15) is 8.42 Å². The third-order valence-electron chi connectivity index (χ3n) is 6.94. The molecule has 6 heteroatoms. The predicted octanol–water partition coefficient (Wildman–Crippen LogP) is 4.62. The topological polar surface area (TPSA) is 62.4 Å². The smallest absolute Gasteiger partial charge is 0.296 e. The lowest BCUT2D eigenvalue weighted by molar-refractivity contribution is 0.0638. The first kappa shape index (κ1) is 20.7. The fourth-order valence-corrected chi connectivity index (χ4v) is 6.50. The molecule has 1 N–H and O–H groups in total. The van der Waals surface area contributed by atoms with Crippen LogP contribution in [0.1, 0.15) is 42.4 Å². The summed E-state index contributed by atoms with van der Waals surface area (Å²) in [5, 5.41) is 1.37. The van der Waals surface area contributed by atoms with Gasteiger partial charge in [0.25, 0.3) is 10.1 Å². The maximum atomic E-state index is 12.7. The van der Waals surface area contributed by atoms with Crippen LogP contribution in [0.25, 0.3) is 10.9 Å². The number of hydrogen-bond acceptors (Lipinski definition) is 4. The van der Waals surface area contributed by atoms with Crippen molar-refractivity contribution in [3.63, 3.8) is 0 Å².